The van der Waals surface area contributed by atoms with Gasteiger partial charge in [-0.05, 0) is 37.5 Å². The van der Waals surface area contributed by atoms with Gasteiger partial charge in [-0.2, -0.15) is 4.98 Å². The van der Waals surface area contributed by atoms with Crippen molar-refractivity contribution in [3.05, 3.63) is 41.1 Å². The summed E-state index contributed by atoms with van der Waals surface area (Å²) in [6.45, 7) is 6.44. The molecule has 1 aliphatic heterocycles. The molecule has 0 amide bonds. The van der Waals surface area contributed by atoms with E-state index in [0.717, 1.165) is 47.1 Å². The number of allylic oxidation sites excluding steroid dienone is 1. The number of esters is 1. The van der Waals surface area contributed by atoms with Crippen LogP contribution in [-0.4, -0.2) is 47.2 Å². The Bertz CT molecular complexity index is 905. The average Bonchev–Trinajstić information content (AvgIpc) is 3.13. The number of unbranched alkanes of at least 4 members (excludes halogenated alkanes) is 1. The largest absolute Gasteiger partial charge is 0.462 e. The molecule has 1 atom stereocenters. The highest BCUT2D eigenvalue weighted by Gasteiger charge is 2.35. The number of benzene rings is 1. The maximum atomic E-state index is 13.0. The van der Waals surface area contributed by atoms with E-state index < -0.39 is 0 Å². The molecular weight excluding hydrogens is 398 g/mol. The zero-order valence-corrected chi connectivity index (χ0v) is 19.3. The molecule has 0 bridgehead atoms. The summed E-state index contributed by atoms with van der Waals surface area (Å²) in [5.74, 6) is 1.31. The summed E-state index contributed by atoms with van der Waals surface area (Å²) >= 11 is 1.64. The van der Waals surface area contributed by atoms with Crippen molar-refractivity contribution in [1.82, 2.24) is 14.8 Å². The fourth-order valence-corrected chi connectivity index (χ4v) is 4.21. The molecule has 0 fully saturated rings. The number of nitrogens with one attached hydrogen (secondary N) is 1. The average molecular weight is 430 g/mol. The van der Waals surface area contributed by atoms with Crippen LogP contribution in [0, 0.1) is 0 Å². The summed E-state index contributed by atoms with van der Waals surface area (Å²) in [5, 5.41) is 8.71. The number of fused-ring (bicyclic) bond motifs is 1. The van der Waals surface area contributed by atoms with Crippen LogP contribution in [0.2, 0.25) is 0 Å². The van der Waals surface area contributed by atoms with Gasteiger partial charge in [0.25, 0.3) is 0 Å². The third kappa shape index (κ3) is 4.80. The Balaban J connectivity index is 2.01. The lowest BCUT2D eigenvalue weighted by molar-refractivity contribution is -0.139. The van der Waals surface area contributed by atoms with Crippen LogP contribution in [-0.2, 0) is 9.53 Å². The van der Waals surface area contributed by atoms with Crippen molar-refractivity contribution < 1.29 is 9.53 Å². The Morgan fingerprint density at radius 2 is 1.97 bits per heavy atom. The Labute approximate surface area is 182 Å². The van der Waals surface area contributed by atoms with Gasteiger partial charge >= 0.3 is 5.97 Å². The van der Waals surface area contributed by atoms with Gasteiger partial charge in [0.1, 0.15) is 6.04 Å². The first-order chi connectivity index (χ1) is 14.5. The molecule has 1 aromatic heterocycles. The summed E-state index contributed by atoms with van der Waals surface area (Å²) in [5.41, 5.74) is 3.39. The van der Waals surface area contributed by atoms with E-state index in [1.54, 1.807) is 11.8 Å². The van der Waals surface area contributed by atoms with Crippen LogP contribution < -0.4 is 10.2 Å². The van der Waals surface area contributed by atoms with Crippen LogP contribution >= 0.6 is 11.8 Å². The van der Waals surface area contributed by atoms with Gasteiger partial charge in [-0.15, -0.1) is 5.10 Å². The van der Waals surface area contributed by atoms with Crippen molar-refractivity contribution in [3.8, 4) is 0 Å². The third-order valence-electron chi connectivity index (χ3n) is 4.94. The number of hydrogen-bond acceptors (Lipinski definition) is 7. The van der Waals surface area contributed by atoms with E-state index in [-0.39, 0.29) is 12.0 Å². The van der Waals surface area contributed by atoms with Crippen LogP contribution in [0.4, 0.5) is 11.6 Å². The second-order valence-corrected chi connectivity index (χ2v) is 8.61. The molecule has 1 N–H and O–H groups in total. The Kier molecular flexibility index (Phi) is 7.42. The minimum atomic E-state index is -0.380. The lowest BCUT2D eigenvalue weighted by atomic mass is 9.95. The normalized spacial score (nSPS) is 15.6. The molecule has 3 rings (SSSR count). The molecule has 0 saturated heterocycles. The minimum absolute atomic E-state index is 0.315. The fraction of sp³-hybridized carbons (Fsp3) is 0.500. The molecule has 1 unspecified atom stereocenters. The Morgan fingerprint density at radius 1 is 1.23 bits per heavy atom. The second-order valence-electron chi connectivity index (χ2n) is 7.55. The van der Waals surface area contributed by atoms with Gasteiger partial charge < -0.3 is 15.0 Å². The predicted octanol–water partition coefficient (Wildman–Crippen LogP) is 4.48. The lowest BCUT2D eigenvalue weighted by Crippen LogP contribution is -2.29. The number of thioether (sulfide) groups is 1. The number of rotatable bonds is 9. The fourth-order valence-electron chi connectivity index (χ4n) is 3.30. The number of carbonyl (C=O) groups excluding carboxylic acids is 1. The molecule has 2 heterocycles. The Morgan fingerprint density at radius 3 is 2.60 bits per heavy atom. The van der Waals surface area contributed by atoms with Gasteiger partial charge in [0.2, 0.25) is 11.1 Å². The predicted molar refractivity (Wildman–Crippen MR) is 122 cm³/mol. The number of nitrogens with zero attached hydrogens (tertiary/aromatic N) is 4. The van der Waals surface area contributed by atoms with Crippen LogP contribution in [0.3, 0.4) is 0 Å². The summed E-state index contributed by atoms with van der Waals surface area (Å²) in [7, 11) is 4.01. The molecule has 2 aromatic rings. The van der Waals surface area contributed by atoms with E-state index in [1.165, 1.54) is 0 Å². The van der Waals surface area contributed by atoms with Gasteiger partial charge in [0, 0.05) is 31.2 Å². The molecule has 0 aliphatic carbocycles. The molecule has 8 heteroatoms. The number of aromatic nitrogens is 3. The summed E-state index contributed by atoms with van der Waals surface area (Å²) in [6, 6.07) is 7.81. The van der Waals surface area contributed by atoms with Crippen molar-refractivity contribution in [2.24, 2.45) is 0 Å². The standard InChI is InChI=1S/C22H31N5O2S/c1-6-8-14-30-22-24-21-23-15(3)18(20(28)29-13-7-2)19(27(21)25-22)16-9-11-17(12-10-16)26(4)5/h9-12,19H,6-8,13-14H2,1-5H3,(H,23,24,25). The van der Waals surface area contributed by atoms with Crippen LogP contribution in [0.15, 0.2) is 40.7 Å². The third-order valence-corrected chi connectivity index (χ3v) is 5.87. The number of ether oxygens (including phenoxy) is 1. The summed E-state index contributed by atoms with van der Waals surface area (Å²) in [4.78, 5) is 19.7. The van der Waals surface area contributed by atoms with Crippen molar-refractivity contribution in [1.29, 1.82) is 0 Å². The quantitative estimate of drug-likeness (QED) is 0.358. The molecule has 0 spiro atoms. The van der Waals surface area contributed by atoms with Gasteiger partial charge in [-0.3, -0.25) is 0 Å². The number of carbonyl (C=O) groups is 1. The highest BCUT2D eigenvalue weighted by Crippen LogP contribution is 2.37. The summed E-state index contributed by atoms with van der Waals surface area (Å²) < 4.78 is 7.32. The molecule has 162 valence electrons. The van der Waals surface area contributed by atoms with E-state index in [9.17, 15) is 4.79 Å². The zero-order valence-electron chi connectivity index (χ0n) is 18.4. The van der Waals surface area contributed by atoms with Gasteiger partial charge in [0.05, 0.1) is 12.2 Å². The summed E-state index contributed by atoms with van der Waals surface area (Å²) in [6.07, 6.45) is 3.03. The highest BCUT2D eigenvalue weighted by molar-refractivity contribution is 7.99. The molecule has 0 saturated carbocycles. The molecule has 7 nitrogen and oxygen atoms in total. The first-order valence-electron chi connectivity index (χ1n) is 10.5. The van der Waals surface area contributed by atoms with Gasteiger partial charge in [0.15, 0.2) is 0 Å². The first kappa shape index (κ1) is 22.2. The SMILES string of the molecule is CCCCSc1nc2n(n1)C(c1ccc(N(C)C)cc1)C(C(=O)OCCC)=C(C)N2. The van der Waals surface area contributed by atoms with Crippen molar-refractivity contribution in [2.45, 2.75) is 51.2 Å². The Hall–Kier alpha value is -2.48. The maximum Gasteiger partial charge on any atom is 0.338 e. The second kappa shape index (κ2) is 10.0. The van der Waals surface area contributed by atoms with Crippen molar-refractivity contribution >= 4 is 29.4 Å². The van der Waals surface area contributed by atoms with Gasteiger partial charge in [-0.25, -0.2) is 9.48 Å². The maximum absolute atomic E-state index is 13.0. The molecule has 1 aromatic carbocycles. The van der Waals surface area contributed by atoms with Crippen LogP contribution in [0.1, 0.15) is 51.6 Å². The van der Waals surface area contributed by atoms with E-state index in [1.807, 2.05) is 49.7 Å². The topological polar surface area (TPSA) is 72.3 Å². The van der Waals surface area contributed by atoms with Gasteiger partial charge in [-0.1, -0.05) is 44.2 Å². The first-order valence-corrected chi connectivity index (χ1v) is 11.5. The molecule has 30 heavy (non-hydrogen) atoms. The van der Waals surface area contributed by atoms with E-state index >= 15 is 0 Å². The zero-order chi connectivity index (χ0) is 21.7. The van der Waals surface area contributed by atoms with E-state index in [4.69, 9.17) is 9.84 Å². The van der Waals surface area contributed by atoms with Crippen LogP contribution in [0.25, 0.3) is 0 Å². The number of hydrogen-bond donors (Lipinski definition) is 1. The van der Waals surface area contributed by atoms with E-state index in [2.05, 4.69) is 29.4 Å². The molecular formula is C22H31N5O2S. The molecule has 1 aliphatic rings. The highest BCUT2D eigenvalue weighted by atomic mass is 32.2. The number of anilines is 2. The smallest absolute Gasteiger partial charge is 0.338 e. The van der Waals surface area contributed by atoms with E-state index in [0.29, 0.717) is 18.1 Å². The minimum Gasteiger partial charge on any atom is -0.462 e. The molecule has 0 radical (unpaired) electrons. The monoisotopic (exact) mass is 429 g/mol. The van der Waals surface area contributed by atoms with Crippen LogP contribution in [0.5, 0.6) is 0 Å². The van der Waals surface area contributed by atoms with Crippen molar-refractivity contribution in [3.63, 3.8) is 0 Å². The van der Waals surface area contributed by atoms with Crippen molar-refractivity contribution in [2.75, 3.05) is 36.7 Å². The lowest BCUT2D eigenvalue weighted by Gasteiger charge is -2.28.